The molecule has 0 aliphatic heterocycles. The Hall–Kier alpha value is -1.61. The molecule has 0 bridgehead atoms. The van der Waals surface area contributed by atoms with Gasteiger partial charge in [0.1, 0.15) is 0 Å². The summed E-state index contributed by atoms with van der Waals surface area (Å²) in [4.78, 5) is 14.4. The normalized spacial score (nSPS) is 12.0. The first-order valence-corrected chi connectivity index (χ1v) is 6.77. The molecule has 2 aromatic rings. The maximum Gasteiger partial charge on any atom is 0.251 e. The number of hydrogen-bond acceptors (Lipinski definition) is 2. The number of aromatic nitrogens is 1. The van der Waals surface area contributed by atoms with Crippen LogP contribution in [-0.4, -0.2) is 10.5 Å². The van der Waals surface area contributed by atoms with Crippen molar-refractivity contribution in [2.24, 2.45) is 5.73 Å². The predicted octanol–water partition coefficient (Wildman–Crippen LogP) is 2.90. The van der Waals surface area contributed by atoms with Crippen molar-refractivity contribution in [3.63, 3.8) is 0 Å². The van der Waals surface area contributed by atoms with Crippen molar-refractivity contribution in [3.8, 4) is 0 Å². The molecule has 3 N–H and O–H groups in total. The molecule has 1 aromatic heterocycles. The lowest BCUT2D eigenvalue weighted by molar-refractivity contribution is 0.459. The van der Waals surface area contributed by atoms with Gasteiger partial charge in [0.15, 0.2) is 0 Å². The maximum atomic E-state index is 11.5. The molecule has 0 unspecified atom stereocenters. The van der Waals surface area contributed by atoms with E-state index in [0.29, 0.717) is 0 Å². The second kappa shape index (κ2) is 5.17. The van der Waals surface area contributed by atoms with Crippen LogP contribution in [0.3, 0.4) is 0 Å². The van der Waals surface area contributed by atoms with Gasteiger partial charge in [0.2, 0.25) is 0 Å². The molecule has 0 amide bonds. The van der Waals surface area contributed by atoms with Gasteiger partial charge in [-0.25, -0.2) is 0 Å². The fourth-order valence-corrected chi connectivity index (χ4v) is 2.27. The zero-order chi connectivity index (χ0) is 14.0. The Balaban J connectivity index is 2.17. The molecule has 0 atom stereocenters. The molecular weight excluding hydrogens is 236 g/mol. The molecular formula is C16H22N2O. The number of aromatic amines is 1. The van der Waals surface area contributed by atoms with Gasteiger partial charge in [-0.1, -0.05) is 6.07 Å². The van der Waals surface area contributed by atoms with Gasteiger partial charge in [-0.3, -0.25) is 4.79 Å². The topological polar surface area (TPSA) is 58.9 Å². The molecule has 0 fully saturated rings. The number of hydrogen-bond donors (Lipinski definition) is 2. The van der Waals surface area contributed by atoms with Gasteiger partial charge >= 0.3 is 0 Å². The number of aryl methyl sites for hydroxylation is 2. The third-order valence-corrected chi connectivity index (χ3v) is 3.38. The summed E-state index contributed by atoms with van der Waals surface area (Å²) < 4.78 is 0. The predicted molar refractivity (Wildman–Crippen MR) is 80.5 cm³/mol. The molecule has 1 heterocycles. The third kappa shape index (κ3) is 3.67. The summed E-state index contributed by atoms with van der Waals surface area (Å²) in [7, 11) is 0. The van der Waals surface area contributed by atoms with Gasteiger partial charge in [-0.2, -0.15) is 0 Å². The van der Waals surface area contributed by atoms with Crippen molar-refractivity contribution in [3.05, 3.63) is 45.7 Å². The monoisotopic (exact) mass is 258 g/mol. The number of rotatable bonds is 4. The molecule has 2 rings (SSSR count). The molecule has 1 aromatic carbocycles. The zero-order valence-electron chi connectivity index (χ0n) is 11.9. The number of benzene rings is 1. The molecule has 3 heteroatoms. The lowest BCUT2D eigenvalue weighted by Crippen LogP contribution is -2.31. The van der Waals surface area contributed by atoms with E-state index in [1.807, 2.05) is 19.1 Å². The molecule has 0 saturated heterocycles. The quantitative estimate of drug-likeness (QED) is 0.886. The second-order valence-corrected chi connectivity index (χ2v) is 6.05. The van der Waals surface area contributed by atoms with Crippen molar-refractivity contribution >= 4 is 10.9 Å². The zero-order valence-corrected chi connectivity index (χ0v) is 11.9. The molecule has 0 radical (unpaired) electrons. The van der Waals surface area contributed by atoms with Gasteiger partial charge in [0.05, 0.1) is 0 Å². The van der Waals surface area contributed by atoms with Crippen molar-refractivity contribution in [2.45, 2.75) is 45.6 Å². The highest BCUT2D eigenvalue weighted by atomic mass is 16.1. The number of nitrogens with one attached hydrogen (secondary N) is 1. The Kier molecular flexibility index (Phi) is 3.76. The van der Waals surface area contributed by atoms with Crippen molar-refractivity contribution in [1.82, 2.24) is 4.98 Å². The summed E-state index contributed by atoms with van der Waals surface area (Å²) in [5, 5.41) is 1.10. The minimum atomic E-state index is -0.0985. The number of fused-ring (bicyclic) bond motifs is 1. The molecule has 19 heavy (non-hydrogen) atoms. The van der Waals surface area contributed by atoms with E-state index in [0.717, 1.165) is 35.7 Å². The minimum Gasteiger partial charge on any atom is -0.326 e. The van der Waals surface area contributed by atoms with Gasteiger partial charge in [0, 0.05) is 16.6 Å². The smallest absolute Gasteiger partial charge is 0.251 e. The third-order valence-electron chi connectivity index (χ3n) is 3.38. The van der Waals surface area contributed by atoms with E-state index >= 15 is 0 Å². The van der Waals surface area contributed by atoms with Crippen LogP contribution in [0.4, 0.5) is 0 Å². The van der Waals surface area contributed by atoms with Crippen LogP contribution >= 0.6 is 0 Å². The van der Waals surface area contributed by atoms with Crippen LogP contribution in [0.25, 0.3) is 10.9 Å². The highest BCUT2D eigenvalue weighted by Gasteiger charge is 2.09. The molecule has 0 saturated carbocycles. The number of H-pyrrole nitrogens is 1. The standard InChI is InChI=1S/C16H22N2O/c1-11-9-13-10-12(5-4-8-16(2,3)17)6-7-14(13)18-15(11)19/h6-7,9-10H,4-5,8,17H2,1-3H3,(H,18,19). The van der Waals surface area contributed by atoms with Crippen molar-refractivity contribution < 1.29 is 0 Å². The molecule has 0 aliphatic rings. The van der Waals surface area contributed by atoms with Crippen LogP contribution in [0.15, 0.2) is 29.1 Å². The molecule has 102 valence electrons. The van der Waals surface area contributed by atoms with Gasteiger partial charge in [0.25, 0.3) is 5.56 Å². The van der Waals surface area contributed by atoms with Gasteiger partial charge in [-0.05, 0) is 69.2 Å². The lowest BCUT2D eigenvalue weighted by Gasteiger charge is -2.17. The van der Waals surface area contributed by atoms with E-state index in [2.05, 4.69) is 31.0 Å². The molecule has 3 nitrogen and oxygen atoms in total. The Morgan fingerprint density at radius 3 is 2.68 bits per heavy atom. The van der Waals surface area contributed by atoms with E-state index < -0.39 is 0 Å². The molecule has 0 spiro atoms. The Morgan fingerprint density at radius 2 is 2.00 bits per heavy atom. The summed E-state index contributed by atoms with van der Waals surface area (Å²) in [6.07, 6.45) is 3.11. The molecule has 0 aliphatic carbocycles. The van der Waals surface area contributed by atoms with Crippen LogP contribution in [0.5, 0.6) is 0 Å². The summed E-state index contributed by atoms with van der Waals surface area (Å²) in [5.74, 6) is 0. The fraction of sp³-hybridized carbons (Fsp3) is 0.438. The number of nitrogens with two attached hydrogens (primary N) is 1. The van der Waals surface area contributed by atoms with E-state index in [1.165, 1.54) is 5.56 Å². The number of pyridine rings is 1. The highest BCUT2D eigenvalue weighted by molar-refractivity contribution is 5.79. The minimum absolute atomic E-state index is 0.00914. The first kappa shape index (κ1) is 13.8. The van der Waals surface area contributed by atoms with Crippen molar-refractivity contribution in [1.29, 1.82) is 0 Å². The average Bonchev–Trinajstić information content (AvgIpc) is 2.29. The van der Waals surface area contributed by atoms with Crippen LogP contribution in [0, 0.1) is 6.92 Å². The Labute approximate surface area is 113 Å². The highest BCUT2D eigenvalue weighted by Crippen LogP contribution is 2.17. The van der Waals surface area contributed by atoms with E-state index in [4.69, 9.17) is 5.73 Å². The van der Waals surface area contributed by atoms with Crippen LogP contribution in [0.1, 0.15) is 37.8 Å². The maximum absolute atomic E-state index is 11.5. The van der Waals surface area contributed by atoms with Gasteiger partial charge in [-0.15, -0.1) is 0 Å². The summed E-state index contributed by atoms with van der Waals surface area (Å²) in [5.41, 5.74) is 8.83. The summed E-state index contributed by atoms with van der Waals surface area (Å²) in [6, 6.07) is 8.17. The SMILES string of the molecule is Cc1cc2cc(CCCC(C)(C)N)ccc2[nH]c1=O. The first-order chi connectivity index (χ1) is 8.85. The van der Waals surface area contributed by atoms with Crippen molar-refractivity contribution in [2.75, 3.05) is 0 Å². The Bertz CT molecular complexity index is 635. The van der Waals surface area contributed by atoms with Crippen LogP contribution in [-0.2, 0) is 6.42 Å². The fourth-order valence-electron chi connectivity index (χ4n) is 2.27. The van der Waals surface area contributed by atoms with Crippen LogP contribution < -0.4 is 11.3 Å². The Morgan fingerprint density at radius 1 is 1.26 bits per heavy atom. The lowest BCUT2D eigenvalue weighted by atomic mass is 9.96. The van der Waals surface area contributed by atoms with Gasteiger partial charge < -0.3 is 10.7 Å². The average molecular weight is 258 g/mol. The largest absolute Gasteiger partial charge is 0.326 e. The van der Waals surface area contributed by atoms with Crippen LogP contribution in [0.2, 0.25) is 0 Å². The first-order valence-electron chi connectivity index (χ1n) is 6.77. The van der Waals surface area contributed by atoms with E-state index in [-0.39, 0.29) is 11.1 Å². The summed E-state index contributed by atoms with van der Waals surface area (Å²) >= 11 is 0. The van der Waals surface area contributed by atoms with E-state index in [9.17, 15) is 4.79 Å². The summed E-state index contributed by atoms with van der Waals surface area (Å²) in [6.45, 7) is 5.95. The second-order valence-electron chi connectivity index (χ2n) is 6.05. The van der Waals surface area contributed by atoms with E-state index in [1.54, 1.807) is 0 Å².